The van der Waals surface area contributed by atoms with Gasteiger partial charge >= 0.3 is 0 Å². The summed E-state index contributed by atoms with van der Waals surface area (Å²) in [6.07, 6.45) is 2.11. The lowest BCUT2D eigenvalue weighted by Crippen LogP contribution is -2.11. The van der Waals surface area contributed by atoms with Gasteiger partial charge in [-0.05, 0) is 103 Å². The van der Waals surface area contributed by atoms with E-state index in [4.69, 9.17) is 4.42 Å². The highest BCUT2D eigenvalue weighted by Crippen LogP contribution is 2.47. The van der Waals surface area contributed by atoms with Gasteiger partial charge in [-0.2, -0.15) is 0 Å². The number of anilines is 3. The van der Waals surface area contributed by atoms with E-state index in [2.05, 4.69) is 161 Å². The van der Waals surface area contributed by atoms with Gasteiger partial charge in [0.1, 0.15) is 11.2 Å². The highest BCUT2D eigenvalue weighted by atomic mass is 32.1. The number of aryl methyl sites for hydroxylation is 2. The van der Waals surface area contributed by atoms with Crippen LogP contribution in [0.5, 0.6) is 0 Å². The molecule has 50 heavy (non-hydrogen) atoms. The molecule has 3 heterocycles. The van der Waals surface area contributed by atoms with Crippen molar-refractivity contribution in [2.45, 2.75) is 12.8 Å². The van der Waals surface area contributed by atoms with E-state index in [-0.39, 0.29) is 0 Å². The fourth-order valence-corrected chi connectivity index (χ4v) is 9.46. The van der Waals surface area contributed by atoms with Crippen LogP contribution in [0.15, 0.2) is 162 Å². The molecule has 1 aliphatic rings. The van der Waals surface area contributed by atoms with Crippen LogP contribution in [-0.4, -0.2) is 4.57 Å². The number of hydrogen-bond acceptors (Lipinski definition) is 3. The molecular formula is C46H30N2OS. The lowest BCUT2D eigenvalue weighted by atomic mass is 9.88. The Balaban J connectivity index is 1.14. The van der Waals surface area contributed by atoms with Crippen LogP contribution in [0.1, 0.15) is 10.4 Å². The minimum absolute atomic E-state index is 0.901. The zero-order chi connectivity index (χ0) is 32.8. The number of benzene rings is 7. The van der Waals surface area contributed by atoms with E-state index < -0.39 is 0 Å². The van der Waals surface area contributed by atoms with Crippen molar-refractivity contribution < 1.29 is 4.42 Å². The van der Waals surface area contributed by atoms with Gasteiger partial charge in [0.2, 0.25) is 0 Å². The van der Waals surface area contributed by atoms with Crippen molar-refractivity contribution in [1.29, 1.82) is 0 Å². The predicted molar refractivity (Wildman–Crippen MR) is 211 cm³/mol. The van der Waals surface area contributed by atoms with E-state index >= 15 is 0 Å². The van der Waals surface area contributed by atoms with Crippen LogP contribution < -0.4 is 4.90 Å². The van der Waals surface area contributed by atoms with Crippen molar-refractivity contribution in [3.8, 4) is 16.8 Å². The summed E-state index contributed by atoms with van der Waals surface area (Å²) < 4.78 is 10.0. The average Bonchev–Trinajstić information content (AvgIpc) is 3.85. The average molecular weight is 659 g/mol. The summed E-state index contributed by atoms with van der Waals surface area (Å²) in [7, 11) is 0. The van der Waals surface area contributed by atoms with Crippen molar-refractivity contribution >= 4 is 82.2 Å². The molecule has 3 nitrogen and oxygen atoms in total. The Morgan fingerprint density at radius 1 is 0.500 bits per heavy atom. The molecule has 7 aromatic carbocycles. The zero-order valence-corrected chi connectivity index (χ0v) is 28.0. The van der Waals surface area contributed by atoms with Gasteiger partial charge in [0.25, 0.3) is 0 Å². The lowest BCUT2D eigenvalue weighted by molar-refractivity contribution is 0.669. The van der Waals surface area contributed by atoms with Crippen LogP contribution in [0.2, 0.25) is 0 Å². The summed E-state index contributed by atoms with van der Waals surface area (Å²) in [6, 6.07) is 57.3. The van der Waals surface area contributed by atoms with Crippen LogP contribution in [-0.2, 0) is 12.8 Å². The minimum Gasteiger partial charge on any atom is -0.456 e. The Kier molecular flexibility index (Phi) is 5.95. The molecule has 0 unspecified atom stereocenters. The molecule has 10 aromatic rings. The van der Waals surface area contributed by atoms with Crippen LogP contribution in [0.3, 0.4) is 0 Å². The molecular weight excluding hydrogens is 629 g/mol. The smallest absolute Gasteiger partial charge is 0.135 e. The largest absolute Gasteiger partial charge is 0.456 e. The predicted octanol–water partition coefficient (Wildman–Crippen LogP) is 13.1. The summed E-state index contributed by atoms with van der Waals surface area (Å²) in [5.41, 5.74) is 13.0. The molecule has 0 saturated carbocycles. The SMILES string of the molecule is c1ccc(-n2c3ccccc3c3cc(N(c4ccc5c(c4)CCc4sc6ccccc6c4-5)c4ccc5oc6ccccc6c5c4)ccc32)cc1. The summed E-state index contributed by atoms with van der Waals surface area (Å²) in [5, 5.41) is 6.10. The Morgan fingerprint density at radius 2 is 1.16 bits per heavy atom. The van der Waals surface area contributed by atoms with Crippen molar-refractivity contribution in [3.05, 3.63) is 168 Å². The first-order valence-electron chi connectivity index (χ1n) is 17.2. The molecule has 0 saturated heterocycles. The first kappa shape index (κ1) is 27.8. The third-order valence-electron chi connectivity index (χ3n) is 10.5. The number of hydrogen-bond donors (Lipinski definition) is 0. The van der Waals surface area contributed by atoms with Gasteiger partial charge in [-0.1, -0.05) is 78.9 Å². The summed E-state index contributed by atoms with van der Waals surface area (Å²) in [4.78, 5) is 3.93. The number of nitrogens with zero attached hydrogens (tertiary/aromatic N) is 2. The third kappa shape index (κ3) is 4.09. The number of rotatable bonds is 4. The molecule has 0 aliphatic heterocycles. The first-order valence-corrected chi connectivity index (χ1v) is 18.0. The second-order valence-corrected chi connectivity index (χ2v) is 14.4. The molecule has 0 atom stereocenters. The number of aromatic nitrogens is 1. The van der Waals surface area contributed by atoms with Gasteiger partial charge in [-0.25, -0.2) is 0 Å². The first-order chi connectivity index (χ1) is 24.8. The molecule has 0 fully saturated rings. The van der Waals surface area contributed by atoms with Crippen molar-refractivity contribution in [2.24, 2.45) is 0 Å². The van der Waals surface area contributed by atoms with Gasteiger partial charge in [-0.15, -0.1) is 11.3 Å². The molecule has 0 spiro atoms. The quantitative estimate of drug-likeness (QED) is 0.188. The maximum Gasteiger partial charge on any atom is 0.135 e. The highest BCUT2D eigenvalue weighted by Gasteiger charge is 2.24. The summed E-state index contributed by atoms with van der Waals surface area (Å²) in [5.74, 6) is 0. The molecule has 0 N–H and O–H groups in total. The molecule has 236 valence electrons. The molecule has 0 bridgehead atoms. The third-order valence-corrected chi connectivity index (χ3v) is 11.7. The number of fused-ring (bicyclic) bond motifs is 11. The minimum atomic E-state index is 0.901. The maximum absolute atomic E-state index is 6.26. The fourth-order valence-electron chi connectivity index (χ4n) is 8.24. The fraction of sp³-hybridized carbons (Fsp3) is 0.0435. The van der Waals surface area contributed by atoms with E-state index in [9.17, 15) is 0 Å². The second kappa shape index (κ2) is 10.7. The molecule has 4 heteroatoms. The van der Waals surface area contributed by atoms with Gasteiger partial charge < -0.3 is 13.9 Å². The second-order valence-electron chi connectivity index (χ2n) is 13.2. The molecule has 11 rings (SSSR count). The van der Waals surface area contributed by atoms with E-state index in [1.807, 2.05) is 17.4 Å². The normalized spacial score (nSPS) is 12.6. The Morgan fingerprint density at radius 3 is 2.06 bits per heavy atom. The van der Waals surface area contributed by atoms with E-state index in [1.165, 1.54) is 53.5 Å². The van der Waals surface area contributed by atoms with Gasteiger partial charge in [0.05, 0.1) is 11.0 Å². The lowest BCUT2D eigenvalue weighted by Gasteiger charge is -2.28. The van der Waals surface area contributed by atoms with Crippen LogP contribution in [0.4, 0.5) is 17.1 Å². The van der Waals surface area contributed by atoms with E-state index in [0.29, 0.717) is 0 Å². The molecule has 0 radical (unpaired) electrons. The Hall–Kier alpha value is -6.10. The Bertz CT molecular complexity index is 2950. The number of thiophene rings is 1. The topological polar surface area (TPSA) is 21.3 Å². The zero-order valence-electron chi connectivity index (χ0n) is 27.1. The molecule has 0 amide bonds. The standard InChI is InChI=1S/C46H30N2OS/c1-2-10-30(11-3-1)48-40-15-7-4-12-35(40)38-27-32(20-23-41(38)48)47(33-21-24-43-39(28-33)36-13-5-8-16-42(36)49-43)31-19-22-34-29(26-31)18-25-45-46(34)37-14-6-9-17-44(37)50-45/h1-17,19-24,26-28H,18,25H2. The molecule has 3 aromatic heterocycles. The Labute approximate surface area is 292 Å². The van der Waals surface area contributed by atoms with E-state index in [1.54, 1.807) is 0 Å². The van der Waals surface area contributed by atoms with Gasteiger partial charge in [0.15, 0.2) is 0 Å². The van der Waals surface area contributed by atoms with E-state index in [0.717, 1.165) is 57.5 Å². The summed E-state index contributed by atoms with van der Waals surface area (Å²) >= 11 is 1.95. The number of furan rings is 1. The maximum atomic E-state index is 6.26. The van der Waals surface area contributed by atoms with Crippen molar-refractivity contribution in [3.63, 3.8) is 0 Å². The van der Waals surface area contributed by atoms with Crippen molar-refractivity contribution in [2.75, 3.05) is 4.90 Å². The molecule has 1 aliphatic carbocycles. The van der Waals surface area contributed by atoms with Crippen LogP contribution in [0, 0.1) is 0 Å². The van der Waals surface area contributed by atoms with Crippen LogP contribution >= 0.6 is 11.3 Å². The highest BCUT2D eigenvalue weighted by molar-refractivity contribution is 7.19. The van der Waals surface area contributed by atoms with Gasteiger partial charge in [0, 0.05) is 64.8 Å². The van der Waals surface area contributed by atoms with Gasteiger partial charge in [-0.3, -0.25) is 0 Å². The van der Waals surface area contributed by atoms with Crippen molar-refractivity contribution in [1.82, 2.24) is 4.57 Å². The summed E-state index contributed by atoms with van der Waals surface area (Å²) in [6.45, 7) is 0. The monoisotopic (exact) mass is 658 g/mol. The number of para-hydroxylation sites is 3. The van der Waals surface area contributed by atoms with Crippen LogP contribution in [0.25, 0.3) is 70.6 Å².